The molecule has 10 heteroatoms. The van der Waals surface area contributed by atoms with Crippen LogP contribution in [0.3, 0.4) is 0 Å². The lowest BCUT2D eigenvalue weighted by molar-refractivity contribution is -0.147. The Morgan fingerprint density at radius 1 is 1.13 bits per heavy atom. The van der Waals surface area contributed by atoms with E-state index in [-0.39, 0.29) is 11.4 Å². The molecule has 5 aromatic rings. The van der Waals surface area contributed by atoms with Gasteiger partial charge < -0.3 is 18.6 Å². The number of aromatic nitrogens is 2. The quantitative estimate of drug-likeness (QED) is 0.182. The van der Waals surface area contributed by atoms with Crippen LogP contribution in [0.4, 0.5) is 0 Å². The molecule has 198 valence electrons. The molecule has 0 aliphatic carbocycles. The number of carbonyl (C=O) groups is 1. The van der Waals surface area contributed by atoms with Crippen molar-refractivity contribution in [1.29, 1.82) is 0 Å². The Labute approximate surface area is 228 Å². The number of ether oxygens (including phenoxy) is 3. The molecule has 0 unspecified atom stereocenters. The minimum Gasteiger partial charge on any atom is -0.490 e. The molecular formula is C29H24ClN3O6. The summed E-state index contributed by atoms with van der Waals surface area (Å²) in [6.45, 7) is 3.79. The van der Waals surface area contributed by atoms with E-state index in [0.29, 0.717) is 50.9 Å². The number of halogens is 1. The molecule has 0 N–H and O–H groups in total. The number of esters is 1. The molecule has 0 bridgehead atoms. The van der Waals surface area contributed by atoms with E-state index in [1.54, 1.807) is 67.6 Å². The fourth-order valence-electron chi connectivity index (χ4n) is 4.01. The fourth-order valence-corrected chi connectivity index (χ4v) is 4.19. The van der Waals surface area contributed by atoms with E-state index in [0.717, 1.165) is 5.39 Å². The second kappa shape index (κ2) is 11.0. The van der Waals surface area contributed by atoms with E-state index in [4.69, 9.17) is 30.2 Å². The molecule has 0 saturated carbocycles. The van der Waals surface area contributed by atoms with Gasteiger partial charge in [-0.3, -0.25) is 4.79 Å². The van der Waals surface area contributed by atoms with Gasteiger partial charge >= 0.3 is 5.97 Å². The van der Waals surface area contributed by atoms with E-state index in [9.17, 15) is 9.59 Å². The Morgan fingerprint density at radius 2 is 1.95 bits per heavy atom. The summed E-state index contributed by atoms with van der Waals surface area (Å²) in [5, 5.41) is 6.23. The minimum absolute atomic E-state index is 0.235. The van der Waals surface area contributed by atoms with Gasteiger partial charge in [-0.15, -0.1) is 0 Å². The molecule has 1 atom stereocenters. The zero-order chi connectivity index (χ0) is 27.5. The van der Waals surface area contributed by atoms with Crippen molar-refractivity contribution in [3.63, 3.8) is 0 Å². The topological polar surface area (TPSA) is 105 Å². The maximum Gasteiger partial charge on any atom is 0.346 e. The number of hydrogen-bond acceptors (Lipinski definition) is 8. The van der Waals surface area contributed by atoms with Crippen LogP contribution in [-0.2, 0) is 9.53 Å². The lowest BCUT2D eigenvalue weighted by atomic mass is 10.2. The number of para-hydroxylation sites is 1. The van der Waals surface area contributed by atoms with Crippen LogP contribution in [0.5, 0.6) is 11.5 Å². The average Bonchev–Trinajstić information content (AvgIpc) is 3.36. The summed E-state index contributed by atoms with van der Waals surface area (Å²) < 4.78 is 23.4. The summed E-state index contributed by atoms with van der Waals surface area (Å²) in [7, 11) is 1.30. The molecular weight excluding hydrogens is 522 g/mol. The molecule has 2 heterocycles. The molecule has 0 radical (unpaired) electrons. The second-order valence-corrected chi connectivity index (χ2v) is 8.97. The van der Waals surface area contributed by atoms with Crippen LogP contribution in [0.2, 0.25) is 5.02 Å². The SMILES string of the molecule is CCOc1cc(C=Nn2c(-c3cc4cc(Cl)ccc4o3)nc3ccccc3c2=O)ccc1O[C@H](C)C(=O)OC. The first-order valence-corrected chi connectivity index (χ1v) is 12.5. The second-order valence-electron chi connectivity index (χ2n) is 8.53. The largest absolute Gasteiger partial charge is 0.490 e. The van der Waals surface area contributed by atoms with Gasteiger partial charge in [0.1, 0.15) is 5.58 Å². The lowest BCUT2D eigenvalue weighted by Gasteiger charge is -2.16. The average molecular weight is 546 g/mol. The summed E-state index contributed by atoms with van der Waals surface area (Å²) in [6.07, 6.45) is 0.689. The van der Waals surface area contributed by atoms with Gasteiger partial charge in [-0.05, 0) is 74.0 Å². The first-order chi connectivity index (χ1) is 18.9. The Balaban J connectivity index is 1.58. The molecule has 3 aromatic carbocycles. The van der Waals surface area contributed by atoms with E-state index in [1.165, 1.54) is 18.0 Å². The molecule has 39 heavy (non-hydrogen) atoms. The van der Waals surface area contributed by atoms with Crippen molar-refractivity contribution in [3.05, 3.63) is 87.7 Å². The van der Waals surface area contributed by atoms with Crippen LogP contribution < -0.4 is 15.0 Å². The maximum atomic E-state index is 13.5. The molecule has 9 nitrogen and oxygen atoms in total. The highest BCUT2D eigenvalue weighted by Crippen LogP contribution is 2.30. The Hall–Kier alpha value is -4.63. The van der Waals surface area contributed by atoms with Crippen LogP contribution >= 0.6 is 11.6 Å². The van der Waals surface area contributed by atoms with Crippen molar-refractivity contribution in [2.75, 3.05) is 13.7 Å². The molecule has 0 saturated heterocycles. The van der Waals surface area contributed by atoms with Crippen molar-refractivity contribution in [1.82, 2.24) is 9.66 Å². The van der Waals surface area contributed by atoms with E-state index in [2.05, 4.69) is 10.1 Å². The van der Waals surface area contributed by atoms with Crippen LogP contribution in [-0.4, -0.2) is 41.7 Å². The number of nitrogens with zero attached hydrogens (tertiary/aromatic N) is 3. The van der Waals surface area contributed by atoms with Gasteiger partial charge in [0.2, 0.25) is 5.82 Å². The highest BCUT2D eigenvalue weighted by molar-refractivity contribution is 6.31. The summed E-state index contributed by atoms with van der Waals surface area (Å²) in [5.41, 5.74) is 1.38. The van der Waals surface area contributed by atoms with Crippen LogP contribution in [0.1, 0.15) is 19.4 Å². The van der Waals surface area contributed by atoms with Crippen molar-refractivity contribution in [2.24, 2.45) is 5.10 Å². The molecule has 2 aromatic heterocycles. The van der Waals surface area contributed by atoms with Gasteiger partial charge in [-0.25, -0.2) is 9.78 Å². The van der Waals surface area contributed by atoms with Crippen molar-refractivity contribution >= 4 is 45.7 Å². The van der Waals surface area contributed by atoms with Gasteiger partial charge in [-0.2, -0.15) is 9.78 Å². The highest BCUT2D eigenvalue weighted by Gasteiger charge is 2.19. The number of benzene rings is 3. The molecule has 0 fully saturated rings. The lowest BCUT2D eigenvalue weighted by Crippen LogP contribution is -2.25. The predicted molar refractivity (Wildman–Crippen MR) is 149 cm³/mol. The summed E-state index contributed by atoms with van der Waals surface area (Å²) in [6, 6.07) is 19.2. The zero-order valence-electron chi connectivity index (χ0n) is 21.4. The third-order valence-corrected chi connectivity index (χ3v) is 6.11. The van der Waals surface area contributed by atoms with Crippen molar-refractivity contribution in [2.45, 2.75) is 20.0 Å². The molecule has 0 aliphatic heterocycles. The third-order valence-electron chi connectivity index (χ3n) is 5.88. The summed E-state index contributed by atoms with van der Waals surface area (Å²) >= 11 is 6.14. The van der Waals surface area contributed by atoms with Crippen molar-refractivity contribution in [3.8, 4) is 23.1 Å². The number of hydrogen-bond donors (Lipinski definition) is 0. The number of rotatable bonds is 8. The van der Waals surface area contributed by atoms with E-state index < -0.39 is 12.1 Å². The third kappa shape index (κ3) is 5.35. The van der Waals surface area contributed by atoms with Gasteiger partial charge in [0.25, 0.3) is 5.56 Å². The van der Waals surface area contributed by atoms with Gasteiger partial charge in [0.15, 0.2) is 23.4 Å². The number of methoxy groups -OCH3 is 1. The van der Waals surface area contributed by atoms with Gasteiger partial charge in [-0.1, -0.05) is 23.7 Å². The van der Waals surface area contributed by atoms with Crippen LogP contribution in [0, 0.1) is 0 Å². The number of fused-ring (bicyclic) bond motifs is 2. The Bertz CT molecular complexity index is 1770. The number of furan rings is 1. The van der Waals surface area contributed by atoms with Gasteiger partial charge in [0.05, 0.1) is 30.8 Å². The first-order valence-electron chi connectivity index (χ1n) is 12.1. The standard InChI is InChI=1S/C29H24ClN3O6/c1-4-37-25-13-18(9-11-24(25)38-17(2)29(35)36-3)16-31-33-27(32-22-8-6-5-7-21(22)28(33)34)26-15-19-14-20(30)10-12-23(19)39-26/h5-17H,4H2,1-3H3/t17-/m1/s1. The van der Waals surface area contributed by atoms with E-state index >= 15 is 0 Å². The monoisotopic (exact) mass is 545 g/mol. The van der Waals surface area contributed by atoms with Crippen LogP contribution in [0.25, 0.3) is 33.5 Å². The van der Waals surface area contributed by atoms with E-state index in [1.807, 2.05) is 13.0 Å². The van der Waals surface area contributed by atoms with Crippen molar-refractivity contribution < 1.29 is 23.4 Å². The minimum atomic E-state index is -0.822. The normalized spacial score (nSPS) is 12.2. The summed E-state index contributed by atoms with van der Waals surface area (Å²) in [5.74, 6) is 0.877. The fraction of sp³-hybridized carbons (Fsp3) is 0.172. The molecule has 0 aliphatic rings. The predicted octanol–water partition coefficient (Wildman–Crippen LogP) is 5.68. The summed E-state index contributed by atoms with van der Waals surface area (Å²) in [4.78, 5) is 30.0. The van der Waals surface area contributed by atoms with Crippen LogP contribution in [0.15, 0.2) is 81.0 Å². The Morgan fingerprint density at radius 3 is 2.74 bits per heavy atom. The smallest absolute Gasteiger partial charge is 0.346 e. The molecule has 5 rings (SSSR count). The molecule has 0 spiro atoms. The zero-order valence-corrected chi connectivity index (χ0v) is 22.1. The highest BCUT2D eigenvalue weighted by atomic mass is 35.5. The molecule has 0 amide bonds. The van der Waals surface area contributed by atoms with Gasteiger partial charge in [0, 0.05) is 10.4 Å². The number of carbonyl (C=O) groups excluding carboxylic acids is 1. The Kier molecular flexibility index (Phi) is 7.33. The first kappa shape index (κ1) is 26.0. The maximum absolute atomic E-state index is 13.5.